The van der Waals surface area contributed by atoms with Crippen molar-refractivity contribution in [2.24, 2.45) is 0 Å². The summed E-state index contributed by atoms with van der Waals surface area (Å²) in [5.41, 5.74) is 2.25. The second-order valence-corrected chi connectivity index (χ2v) is 5.65. The van der Waals surface area contributed by atoms with Crippen LogP contribution in [0.2, 0.25) is 0 Å². The lowest BCUT2D eigenvalue weighted by molar-refractivity contribution is -0.116. The summed E-state index contributed by atoms with van der Waals surface area (Å²) in [6.07, 6.45) is 0. The number of rotatable bonds is 6. The Morgan fingerprint density at radius 1 is 0.769 bits per heavy atom. The number of carbonyl (C=O) groups excluding carboxylic acids is 1. The van der Waals surface area contributed by atoms with Crippen LogP contribution in [0, 0.1) is 0 Å². The molecular formula is C21H17F2NO2. The lowest BCUT2D eigenvalue weighted by Crippen LogP contribution is -2.22. The van der Waals surface area contributed by atoms with Gasteiger partial charge in [0, 0.05) is 5.69 Å². The van der Waals surface area contributed by atoms with E-state index in [9.17, 15) is 13.6 Å². The minimum atomic E-state index is -2.88. The van der Waals surface area contributed by atoms with Crippen molar-refractivity contribution in [3.63, 3.8) is 0 Å². The van der Waals surface area contributed by atoms with E-state index in [0.29, 0.717) is 5.69 Å². The van der Waals surface area contributed by atoms with Crippen LogP contribution in [-0.2, 0) is 4.79 Å². The fraction of sp³-hybridized carbons (Fsp3) is 0.0952. The molecule has 1 N–H and O–H groups in total. The number of hydrogen-bond acceptors (Lipinski definition) is 2. The van der Waals surface area contributed by atoms with E-state index in [1.165, 1.54) is 24.3 Å². The summed E-state index contributed by atoms with van der Waals surface area (Å²) in [6.45, 7) is -2.88. The largest absolute Gasteiger partial charge is 0.435 e. The number of amides is 1. The molecule has 0 saturated carbocycles. The normalized spacial score (nSPS) is 10.8. The fourth-order valence-corrected chi connectivity index (χ4v) is 2.72. The molecule has 0 radical (unpaired) electrons. The molecule has 3 aromatic carbocycles. The molecule has 5 heteroatoms. The molecule has 0 unspecified atom stereocenters. The summed E-state index contributed by atoms with van der Waals surface area (Å²) >= 11 is 0. The molecule has 0 heterocycles. The lowest BCUT2D eigenvalue weighted by Gasteiger charge is -2.18. The number of halogens is 2. The van der Waals surface area contributed by atoms with Gasteiger partial charge in [0.25, 0.3) is 0 Å². The Balaban J connectivity index is 1.82. The highest BCUT2D eigenvalue weighted by Crippen LogP contribution is 2.27. The number of anilines is 1. The number of hydrogen-bond donors (Lipinski definition) is 1. The van der Waals surface area contributed by atoms with Gasteiger partial charge < -0.3 is 10.1 Å². The van der Waals surface area contributed by atoms with E-state index in [2.05, 4.69) is 10.1 Å². The maximum Gasteiger partial charge on any atom is 0.387 e. The van der Waals surface area contributed by atoms with Gasteiger partial charge in [-0.15, -0.1) is 0 Å². The quantitative estimate of drug-likeness (QED) is 0.673. The molecule has 0 spiro atoms. The van der Waals surface area contributed by atoms with Crippen LogP contribution in [0.15, 0.2) is 84.9 Å². The number of nitrogens with one attached hydrogen (secondary N) is 1. The van der Waals surface area contributed by atoms with Crippen LogP contribution in [0.3, 0.4) is 0 Å². The van der Waals surface area contributed by atoms with E-state index >= 15 is 0 Å². The molecule has 1 amide bonds. The van der Waals surface area contributed by atoms with Gasteiger partial charge in [-0.3, -0.25) is 4.79 Å². The van der Waals surface area contributed by atoms with Crippen molar-refractivity contribution in [2.75, 3.05) is 5.32 Å². The van der Waals surface area contributed by atoms with Crippen LogP contribution in [0.1, 0.15) is 17.0 Å². The molecule has 26 heavy (non-hydrogen) atoms. The first kappa shape index (κ1) is 17.6. The van der Waals surface area contributed by atoms with Crippen LogP contribution in [-0.4, -0.2) is 12.5 Å². The highest BCUT2D eigenvalue weighted by molar-refractivity contribution is 5.98. The molecule has 0 aliphatic carbocycles. The standard InChI is InChI=1S/C21H17F2NO2/c22-21(23)26-18-13-11-17(12-14-18)24-20(25)19(15-7-3-1-4-8-15)16-9-5-2-6-10-16/h1-14,19,21H,(H,24,25). The van der Waals surface area contributed by atoms with Crippen LogP contribution >= 0.6 is 0 Å². The zero-order valence-corrected chi connectivity index (χ0v) is 13.8. The van der Waals surface area contributed by atoms with Gasteiger partial charge in [-0.25, -0.2) is 0 Å². The molecule has 0 aliphatic rings. The monoisotopic (exact) mass is 353 g/mol. The van der Waals surface area contributed by atoms with Gasteiger partial charge in [0.15, 0.2) is 0 Å². The smallest absolute Gasteiger partial charge is 0.387 e. The Hall–Kier alpha value is -3.21. The molecular weight excluding hydrogens is 336 g/mol. The summed E-state index contributed by atoms with van der Waals surface area (Å²) in [5.74, 6) is -0.639. The molecule has 3 rings (SSSR count). The first-order chi connectivity index (χ1) is 12.6. The van der Waals surface area contributed by atoms with Crippen molar-refractivity contribution in [1.82, 2.24) is 0 Å². The van der Waals surface area contributed by atoms with Crippen molar-refractivity contribution < 1.29 is 18.3 Å². The molecule has 0 fully saturated rings. The second kappa shape index (κ2) is 8.25. The molecule has 0 bridgehead atoms. The van der Waals surface area contributed by atoms with E-state index in [1.54, 1.807) is 0 Å². The predicted molar refractivity (Wildman–Crippen MR) is 96.4 cm³/mol. The molecule has 0 atom stereocenters. The van der Waals surface area contributed by atoms with Crippen LogP contribution in [0.4, 0.5) is 14.5 Å². The zero-order chi connectivity index (χ0) is 18.4. The Morgan fingerprint density at radius 2 is 1.27 bits per heavy atom. The van der Waals surface area contributed by atoms with E-state index in [-0.39, 0.29) is 11.7 Å². The van der Waals surface area contributed by atoms with Gasteiger partial charge in [0.05, 0.1) is 5.92 Å². The molecule has 3 aromatic rings. The number of ether oxygens (including phenoxy) is 1. The summed E-state index contributed by atoms with van der Waals surface area (Å²) in [6, 6.07) is 24.8. The zero-order valence-electron chi connectivity index (χ0n) is 13.8. The minimum Gasteiger partial charge on any atom is -0.435 e. The molecule has 0 saturated heterocycles. The van der Waals surface area contributed by atoms with Gasteiger partial charge in [-0.1, -0.05) is 60.7 Å². The Labute approximate surface area is 150 Å². The summed E-state index contributed by atoms with van der Waals surface area (Å²) in [4.78, 5) is 12.9. The Kier molecular flexibility index (Phi) is 5.59. The lowest BCUT2D eigenvalue weighted by atomic mass is 9.90. The third-order valence-corrected chi connectivity index (χ3v) is 3.88. The summed E-state index contributed by atoms with van der Waals surface area (Å²) < 4.78 is 28.8. The van der Waals surface area contributed by atoms with Crippen LogP contribution < -0.4 is 10.1 Å². The van der Waals surface area contributed by atoms with Gasteiger partial charge >= 0.3 is 6.61 Å². The van der Waals surface area contributed by atoms with Crippen molar-refractivity contribution in [2.45, 2.75) is 12.5 Å². The van der Waals surface area contributed by atoms with Crippen LogP contribution in [0.5, 0.6) is 5.75 Å². The van der Waals surface area contributed by atoms with Crippen molar-refractivity contribution >= 4 is 11.6 Å². The highest BCUT2D eigenvalue weighted by atomic mass is 19.3. The van der Waals surface area contributed by atoms with E-state index in [1.807, 2.05) is 60.7 Å². The minimum absolute atomic E-state index is 0.0423. The van der Waals surface area contributed by atoms with Gasteiger partial charge in [-0.05, 0) is 35.4 Å². The maximum absolute atomic E-state index is 12.9. The molecule has 0 aromatic heterocycles. The van der Waals surface area contributed by atoms with Crippen molar-refractivity contribution in [3.05, 3.63) is 96.1 Å². The highest BCUT2D eigenvalue weighted by Gasteiger charge is 2.22. The Morgan fingerprint density at radius 3 is 1.73 bits per heavy atom. The van der Waals surface area contributed by atoms with Gasteiger partial charge in [0.2, 0.25) is 5.91 Å². The van der Waals surface area contributed by atoms with E-state index < -0.39 is 12.5 Å². The SMILES string of the molecule is O=C(Nc1ccc(OC(F)F)cc1)C(c1ccccc1)c1ccccc1. The topological polar surface area (TPSA) is 38.3 Å². The average Bonchev–Trinajstić information content (AvgIpc) is 2.65. The first-order valence-electron chi connectivity index (χ1n) is 8.09. The third kappa shape index (κ3) is 4.45. The van der Waals surface area contributed by atoms with Crippen LogP contribution in [0.25, 0.3) is 0 Å². The van der Waals surface area contributed by atoms with Crippen molar-refractivity contribution in [1.29, 1.82) is 0 Å². The van der Waals surface area contributed by atoms with E-state index in [4.69, 9.17) is 0 Å². The Bertz CT molecular complexity index is 797. The third-order valence-electron chi connectivity index (χ3n) is 3.88. The predicted octanol–water partition coefficient (Wildman–Crippen LogP) is 5.06. The first-order valence-corrected chi connectivity index (χ1v) is 8.09. The van der Waals surface area contributed by atoms with Gasteiger partial charge in [-0.2, -0.15) is 8.78 Å². The van der Waals surface area contributed by atoms with Gasteiger partial charge in [0.1, 0.15) is 5.75 Å². The molecule has 3 nitrogen and oxygen atoms in total. The maximum atomic E-state index is 12.9. The number of carbonyl (C=O) groups is 1. The van der Waals surface area contributed by atoms with Crippen molar-refractivity contribution in [3.8, 4) is 5.75 Å². The van der Waals surface area contributed by atoms with E-state index in [0.717, 1.165) is 11.1 Å². The molecule has 0 aliphatic heterocycles. The number of benzene rings is 3. The molecule has 132 valence electrons. The number of alkyl halides is 2. The average molecular weight is 353 g/mol. The second-order valence-electron chi connectivity index (χ2n) is 5.65. The fourth-order valence-electron chi connectivity index (χ4n) is 2.72. The summed E-state index contributed by atoms with van der Waals surface area (Å²) in [7, 11) is 0. The summed E-state index contributed by atoms with van der Waals surface area (Å²) in [5, 5.41) is 2.84.